The molecule has 4 heteroatoms. The fourth-order valence-electron chi connectivity index (χ4n) is 3.42. The maximum Gasteiger partial charge on any atom is 0.190 e. The van der Waals surface area contributed by atoms with Gasteiger partial charge in [-0.2, -0.15) is 0 Å². The van der Waals surface area contributed by atoms with Gasteiger partial charge in [-0.1, -0.05) is 17.7 Å². The second-order valence-electron chi connectivity index (χ2n) is 6.10. The predicted octanol–water partition coefficient (Wildman–Crippen LogP) is 3.91. The number of anilines is 2. The number of aliphatic hydroxyl groups excluding tert-OH is 1. The van der Waals surface area contributed by atoms with Crippen LogP contribution in [-0.4, -0.2) is 16.6 Å². The smallest absolute Gasteiger partial charge is 0.190 e. The molecule has 0 bridgehead atoms. The Morgan fingerprint density at radius 1 is 1.29 bits per heavy atom. The van der Waals surface area contributed by atoms with E-state index in [1.54, 1.807) is 11.3 Å². The summed E-state index contributed by atoms with van der Waals surface area (Å²) in [5.74, 6) is 0. The lowest BCUT2D eigenvalue weighted by Gasteiger charge is -2.29. The highest BCUT2D eigenvalue weighted by molar-refractivity contribution is 7.15. The van der Waals surface area contributed by atoms with E-state index in [9.17, 15) is 5.11 Å². The number of benzene rings is 1. The van der Waals surface area contributed by atoms with E-state index in [0.717, 1.165) is 43.1 Å². The summed E-state index contributed by atoms with van der Waals surface area (Å²) in [5, 5.41) is 11.2. The van der Waals surface area contributed by atoms with Crippen molar-refractivity contribution >= 4 is 22.2 Å². The largest absolute Gasteiger partial charge is 0.387 e. The third-order valence-corrected chi connectivity index (χ3v) is 5.65. The first kappa shape index (κ1) is 13.3. The number of aliphatic hydroxyl groups is 1. The fourth-order valence-corrected chi connectivity index (χ4v) is 4.62. The van der Waals surface area contributed by atoms with Crippen molar-refractivity contribution in [3.05, 3.63) is 39.9 Å². The third kappa shape index (κ3) is 2.27. The van der Waals surface area contributed by atoms with Crippen LogP contribution in [0.4, 0.5) is 10.8 Å². The van der Waals surface area contributed by atoms with Gasteiger partial charge in [0.05, 0.1) is 11.8 Å². The van der Waals surface area contributed by atoms with Gasteiger partial charge in [-0.25, -0.2) is 4.98 Å². The zero-order valence-electron chi connectivity index (χ0n) is 12.3. The lowest BCUT2D eigenvalue weighted by Crippen LogP contribution is -2.24. The Bertz CT molecular complexity index is 679. The molecule has 2 heterocycles. The molecule has 1 aliphatic carbocycles. The summed E-state index contributed by atoms with van der Waals surface area (Å²) in [5.41, 5.74) is 4.98. The summed E-state index contributed by atoms with van der Waals surface area (Å²) in [6.07, 6.45) is 4.96. The molecule has 0 saturated carbocycles. The average Bonchev–Trinajstić information content (AvgIpc) is 2.91. The second-order valence-corrected chi connectivity index (χ2v) is 7.16. The van der Waals surface area contributed by atoms with Crippen LogP contribution in [0.3, 0.4) is 0 Å². The number of rotatable bonds is 1. The van der Waals surface area contributed by atoms with Crippen molar-refractivity contribution in [1.29, 1.82) is 0 Å². The number of hydrogen-bond acceptors (Lipinski definition) is 4. The van der Waals surface area contributed by atoms with Gasteiger partial charge in [0.2, 0.25) is 0 Å². The zero-order chi connectivity index (χ0) is 14.4. The highest BCUT2D eigenvalue weighted by Crippen LogP contribution is 2.41. The molecule has 1 aromatic carbocycles. The van der Waals surface area contributed by atoms with Crippen LogP contribution in [0.1, 0.15) is 47.1 Å². The highest BCUT2D eigenvalue weighted by Gasteiger charge is 2.27. The lowest BCUT2D eigenvalue weighted by molar-refractivity contribution is 0.153. The van der Waals surface area contributed by atoms with E-state index >= 15 is 0 Å². The number of aromatic nitrogens is 1. The molecule has 1 atom stereocenters. The van der Waals surface area contributed by atoms with Gasteiger partial charge in [-0.05, 0) is 50.7 Å². The molecule has 2 aliphatic rings. The molecule has 0 amide bonds. The van der Waals surface area contributed by atoms with Crippen molar-refractivity contribution in [2.45, 2.75) is 45.1 Å². The minimum atomic E-state index is -0.360. The number of fused-ring (bicyclic) bond motifs is 2. The van der Waals surface area contributed by atoms with Crippen LogP contribution < -0.4 is 4.90 Å². The molecule has 4 rings (SSSR count). The first-order valence-corrected chi connectivity index (χ1v) is 8.59. The molecule has 0 spiro atoms. The minimum absolute atomic E-state index is 0.360. The summed E-state index contributed by atoms with van der Waals surface area (Å²) in [6.45, 7) is 3.18. The fraction of sp³-hybridized carbons (Fsp3) is 0.471. The highest BCUT2D eigenvalue weighted by atomic mass is 32.1. The van der Waals surface area contributed by atoms with Gasteiger partial charge in [0.15, 0.2) is 5.13 Å². The van der Waals surface area contributed by atoms with Gasteiger partial charge in [0, 0.05) is 17.1 Å². The Balaban J connectivity index is 1.75. The molecule has 3 nitrogen and oxygen atoms in total. The van der Waals surface area contributed by atoms with Crippen LogP contribution in [0.25, 0.3) is 0 Å². The number of thiazole rings is 1. The molecule has 1 unspecified atom stereocenters. The molecule has 2 aromatic rings. The minimum Gasteiger partial charge on any atom is -0.387 e. The van der Waals surface area contributed by atoms with E-state index in [1.165, 1.54) is 28.1 Å². The molecule has 1 aliphatic heterocycles. The van der Waals surface area contributed by atoms with E-state index < -0.39 is 0 Å². The number of hydrogen-bond donors (Lipinski definition) is 1. The van der Waals surface area contributed by atoms with Gasteiger partial charge < -0.3 is 10.0 Å². The molecule has 0 fully saturated rings. The molecule has 21 heavy (non-hydrogen) atoms. The Morgan fingerprint density at radius 3 is 3.05 bits per heavy atom. The van der Waals surface area contributed by atoms with Crippen molar-refractivity contribution in [2.75, 3.05) is 11.4 Å². The maximum atomic E-state index is 10.1. The van der Waals surface area contributed by atoms with E-state index in [0.29, 0.717) is 0 Å². The summed E-state index contributed by atoms with van der Waals surface area (Å²) in [6, 6.07) is 6.70. The standard InChI is InChI=1S/C17H20N2OS/c1-11-7-8-13-12(10-11)4-3-9-19(13)17-18-16-14(20)5-2-6-15(16)21-17/h7-8,10,14,20H,2-6,9H2,1H3. The molecular formula is C17H20N2OS. The third-order valence-electron chi connectivity index (χ3n) is 4.50. The van der Waals surface area contributed by atoms with Gasteiger partial charge >= 0.3 is 0 Å². The summed E-state index contributed by atoms with van der Waals surface area (Å²) in [4.78, 5) is 8.39. The first-order valence-electron chi connectivity index (χ1n) is 7.77. The van der Waals surface area contributed by atoms with Gasteiger partial charge in [0.25, 0.3) is 0 Å². The average molecular weight is 300 g/mol. The number of nitrogens with zero attached hydrogens (tertiary/aromatic N) is 2. The van der Waals surface area contributed by atoms with Crippen LogP contribution in [0, 0.1) is 6.92 Å². The van der Waals surface area contributed by atoms with E-state index in [-0.39, 0.29) is 6.10 Å². The molecule has 1 N–H and O–H groups in total. The first-order chi connectivity index (χ1) is 10.2. The van der Waals surface area contributed by atoms with Gasteiger partial charge in [-0.3, -0.25) is 0 Å². The Morgan fingerprint density at radius 2 is 2.19 bits per heavy atom. The van der Waals surface area contributed by atoms with E-state index in [4.69, 9.17) is 4.98 Å². The quantitative estimate of drug-likeness (QED) is 0.867. The molecule has 0 radical (unpaired) electrons. The van der Waals surface area contributed by atoms with Crippen molar-refractivity contribution in [2.24, 2.45) is 0 Å². The SMILES string of the molecule is Cc1ccc2c(c1)CCCN2c1nc2c(s1)CCCC2O. The molecule has 0 saturated heterocycles. The van der Waals surface area contributed by atoms with Crippen molar-refractivity contribution < 1.29 is 5.11 Å². The van der Waals surface area contributed by atoms with Crippen molar-refractivity contribution in [3.8, 4) is 0 Å². The monoisotopic (exact) mass is 300 g/mol. The Labute approximate surface area is 129 Å². The summed E-state index contributed by atoms with van der Waals surface area (Å²) >= 11 is 1.77. The van der Waals surface area contributed by atoms with Crippen molar-refractivity contribution in [1.82, 2.24) is 4.98 Å². The zero-order valence-corrected chi connectivity index (χ0v) is 13.1. The summed E-state index contributed by atoms with van der Waals surface area (Å²) < 4.78 is 0. The number of aryl methyl sites for hydroxylation is 3. The van der Waals surface area contributed by atoms with Crippen molar-refractivity contribution in [3.63, 3.8) is 0 Å². The van der Waals surface area contributed by atoms with Crippen LogP contribution in [-0.2, 0) is 12.8 Å². The van der Waals surface area contributed by atoms with Crippen LogP contribution in [0.15, 0.2) is 18.2 Å². The van der Waals surface area contributed by atoms with E-state index in [1.807, 2.05) is 0 Å². The van der Waals surface area contributed by atoms with E-state index in [2.05, 4.69) is 30.0 Å². The second kappa shape index (κ2) is 5.11. The van der Waals surface area contributed by atoms with Gasteiger partial charge in [-0.15, -0.1) is 11.3 Å². The summed E-state index contributed by atoms with van der Waals surface area (Å²) in [7, 11) is 0. The topological polar surface area (TPSA) is 36.4 Å². The lowest BCUT2D eigenvalue weighted by atomic mass is 10.00. The van der Waals surface area contributed by atoms with Gasteiger partial charge in [0.1, 0.15) is 0 Å². The Kier molecular flexibility index (Phi) is 3.23. The van der Waals surface area contributed by atoms with Crippen LogP contribution in [0.2, 0.25) is 0 Å². The maximum absolute atomic E-state index is 10.1. The predicted molar refractivity (Wildman–Crippen MR) is 86.5 cm³/mol. The normalized spacial score (nSPS) is 21.0. The Hall–Kier alpha value is -1.39. The van der Waals surface area contributed by atoms with Crippen LogP contribution >= 0.6 is 11.3 Å². The molecular weight excluding hydrogens is 280 g/mol. The van der Waals surface area contributed by atoms with Crippen LogP contribution in [0.5, 0.6) is 0 Å². The molecule has 1 aromatic heterocycles. The molecule has 110 valence electrons.